The summed E-state index contributed by atoms with van der Waals surface area (Å²) >= 11 is 5.16. The van der Waals surface area contributed by atoms with Crippen LogP contribution in [0.3, 0.4) is 0 Å². The first-order valence-electron chi connectivity index (χ1n) is 5.12. The third kappa shape index (κ3) is 2.68. The molecule has 0 fully saturated rings. The molecule has 0 aliphatic heterocycles. The number of rotatable bonds is 3. The van der Waals surface area contributed by atoms with Crippen molar-refractivity contribution in [2.24, 2.45) is 5.73 Å². The maximum atomic E-state index is 6.22. The average Bonchev–Trinajstić information content (AvgIpc) is 2.69. The van der Waals surface area contributed by atoms with Crippen molar-refractivity contribution in [3.05, 3.63) is 44.3 Å². The second kappa shape index (κ2) is 5.16. The lowest BCUT2D eigenvalue weighted by Gasteiger charge is -2.10. The summed E-state index contributed by atoms with van der Waals surface area (Å²) in [6.45, 7) is 2.06. The van der Waals surface area contributed by atoms with Gasteiger partial charge in [-0.05, 0) is 46.1 Å². The van der Waals surface area contributed by atoms with Crippen LogP contribution in [0.2, 0.25) is 0 Å². The van der Waals surface area contributed by atoms with Crippen LogP contribution in [-0.2, 0) is 0 Å². The molecule has 0 aliphatic carbocycles. The predicted molar refractivity (Wildman–Crippen MR) is 73.6 cm³/mol. The molecule has 0 saturated heterocycles. The number of nitrogens with two attached hydrogens (primary N) is 1. The summed E-state index contributed by atoms with van der Waals surface area (Å²) in [5.74, 6) is 0.727. The molecule has 0 saturated carbocycles. The van der Waals surface area contributed by atoms with E-state index < -0.39 is 0 Å². The van der Waals surface area contributed by atoms with Gasteiger partial charge in [-0.15, -0.1) is 11.3 Å². The van der Waals surface area contributed by atoms with Crippen LogP contribution in [-0.4, -0.2) is 12.1 Å². The fourth-order valence-electron chi connectivity index (χ4n) is 1.52. The van der Waals surface area contributed by atoms with Crippen LogP contribution >= 0.6 is 27.3 Å². The van der Waals surface area contributed by atoms with Gasteiger partial charge in [0.2, 0.25) is 0 Å². The van der Waals surface area contributed by atoms with Gasteiger partial charge < -0.3 is 10.5 Å². The quantitative estimate of drug-likeness (QED) is 0.946. The second-order valence-electron chi connectivity index (χ2n) is 3.74. The normalized spacial score (nSPS) is 12.5. The van der Waals surface area contributed by atoms with Crippen LogP contribution in [0.5, 0.6) is 5.75 Å². The van der Waals surface area contributed by atoms with Crippen LogP contribution in [0.25, 0.3) is 0 Å². The van der Waals surface area contributed by atoms with Gasteiger partial charge in [0.05, 0.1) is 23.1 Å². The molecule has 2 aromatic heterocycles. The molecule has 0 amide bonds. The Balaban J connectivity index is 2.32. The molecule has 2 N–H and O–H groups in total. The van der Waals surface area contributed by atoms with E-state index in [0.717, 1.165) is 20.0 Å². The molecule has 0 aliphatic rings. The fraction of sp³-hybridized carbons (Fsp3) is 0.250. The molecule has 0 radical (unpaired) electrons. The van der Waals surface area contributed by atoms with Gasteiger partial charge in [-0.2, -0.15) is 0 Å². The monoisotopic (exact) mass is 312 g/mol. The number of ether oxygens (including phenoxy) is 1. The minimum Gasteiger partial charge on any atom is -0.495 e. The van der Waals surface area contributed by atoms with Crippen LogP contribution in [0, 0.1) is 6.92 Å². The molecule has 1 unspecified atom stereocenters. The zero-order valence-corrected chi connectivity index (χ0v) is 12.0. The van der Waals surface area contributed by atoms with E-state index in [4.69, 9.17) is 10.5 Å². The van der Waals surface area contributed by atoms with Crippen molar-refractivity contribution in [3.63, 3.8) is 0 Å². The molecule has 0 spiro atoms. The first-order valence-corrected chi connectivity index (χ1v) is 6.73. The van der Waals surface area contributed by atoms with Crippen molar-refractivity contribution >= 4 is 27.3 Å². The van der Waals surface area contributed by atoms with Gasteiger partial charge in [-0.25, -0.2) is 0 Å². The van der Waals surface area contributed by atoms with Gasteiger partial charge >= 0.3 is 0 Å². The number of hydrogen-bond acceptors (Lipinski definition) is 4. The van der Waals surface area contributed by atoms with Gasteiger partial charge in [0, 0.05) is 11.1 Å². The molecule has 0 bridgehead atoms. The first kappa shape index (κ1) is 12.5. The highest BCUT2D eigenvalue weighted by atomic mass is 79.9. The lowest BCUT2D eigenvalue weighted by Crippen LogP contribution is -2.10. The average molecular weight is 313 g/mol. The summed E-state index contributed by atoms with van der Waals surface area (Å²) < 4.78 is 6.27. The smallest absolute Gasteiger partial charge is 0.137 e. The largest absolute Gasteiger partial charge is 0.495 e. The number of aromatic nitrogens is 1. The highest BCUT2D eigenvalue weighted by Gasteiger charge is 2.14. The Labute approximate surface area is 113 Å². The molecular weight excluding hydrogens is 300 g/mol. The Kier molecular flexibility index (Phi) is 3.81. The Bertz CT molecular complexity index is 507. The molecule has 2 heterocycles. The van der Waals surface area contributed by atoms with Gasteiger partial charge in [-0.3, -0.25) is 4.98 Å². The summed E-state index contributed by atoms with van der Waals surface area (Å²) in [6, 6.07) is 3.85. The van der Waals surface area contributed by atoms with Gasteiger partial charge in [-0.1, -0.05) is 0 Å². The Hall–Kier alpha value is -0.910. The van der Waals surface area contributed by atoms with E-state index in [9.17, 15) is 0 Å². The number of nitrogens with zero attached hydrogens (tertiary/aromatic N) is 1. The van der Waals surface area contributed by atoms with E-state index in [0.29, 0.717) is 0 Å². The molecule has 0 aromatic carbocycles. The first-order chi connectivity index (χ1) is 8.11. The zero-order chi connectivity index (χ0) is 12.4. The number of pyridine rings is 1. The maximum Gasteiger partial charge on any atom is 0.137 e. The Morgan fingerprint density at radius 1 is 1.41 bits per heavy atom. The summed E-state index contributed by atoms with van der Waals surface area (Å²) in [5.41, 5.74) is 8.38. The molecule has 2 aromatic rings. The molecule has 1 atom stereocenters. The van der Waals surface area contributed by atoms with E-state index in [1.54, 1.807) is 30.8 Å². The standard InChI is InChI=1S/C12H13BrN2OS/c1-7-3-10(17-12(7)13)11(14)8-4-9(16-2)6-15-5-8/h3-6,11H,14H2,1-2H3. The minimum atomic E-state index is -0.160. The van der Waals surface area contributed by atoms with Crippen molar-refractivity contribution < 1.29 is 4.74 Å². The number of thiophene rings is 1. The van der Waals surface area contributed by atoms with Crippen LogP contribution < -0.4 is 10.5 Å². The minimum absolute atomic E-state index is 0.160. The van der Waals surface area contributed by atoms with Gasteiger partial charge in [0.25, 0.3) is 0 Å². The number of methoxy groups -OCH3 is 1. The van der Waals surface area contributed by atoms with Crippen LogP contribution in [0.1, 0.15) is 22.0 Å². The van der Waals surface area contributed by atoms with E-state index in [1.807, 2.05) is 6.07 Å². The number of hydrogen-bond donors (Lipinski definition) is 1. The van der Waals surface area contributed by atoms with Crippen molar-refractivity contribution in [1.82, 2.24) is 4.98 Å². The lowest BCUT2D eigenvalue weighted by atomic mass is 10.1. The molecule has 90 valence electrons. The Morgan fingerprint density at radius 3 is 2.76 bits per heavy atom. The van der Waals surface area contributed by atoms with E-state index in [2.05, 4.69) is 33.9 Å². The third-order valence-corrected chi connectivity index (χ3v) is 4.73. The second-order valence-corrected chi connectivity index (χ2v) is 6.14. The highest BCUT2D eigenvalue weighted by Crippen LogP contribution is 2.33. The molecular formula is C12H13BrN2OS. The summed E-state index contributed by atoms with van der Waals surface area (Å²) in [6.07, 6.45) is 3.45. The lowest BCUT2D eigenvalue weighted by molar-refractivity contribution is 0.412. The Morgan fingerprint density at radius 2 is 2.18 bits per heavy atom. The third-order valence-electron chi connectivity index (χ3n) is 2.51. The van der Waals surface area contributed by atoms with Crippen molar-refractivity contribution in [2.75, 3.05) is 7.11 Å². The number of halogens is 1. The SMILES string of the molecule is COc1cncc(C(N)c2cc(C)c(Br)s2)c1. The van der Waals surface area contributed by atoms with Gasteiger partial charge in [0.1, 0.15) is 5.75 Å². The molecule has 2 rings (SSSR count). The summed E-state index contributed by atoms with van der Waals surface area (Å²) in [7, 11) is 1.62. The van der Waals surface area contributed by atoms with E-state index >= 15 is 0 Å². The van der Waals surface area contributed by atoms with Crippen LogP contribution in [0.15, 0.2) is 28.3 Å². The molecule has 5 heteroatoms. The molecule has 3 nitrogen and oxygen atoms in total. The topological polar surface area (TPSA) is 48.1 Å². The van der Waals surface area contributed by atoms with E-state index in [1.165, 1.54) is 5.56 Å². The van der Waals surface area contributed by atoms with Crippen molar-refractivity contribution in [3.8, 4) is 5.75 Å². The summed E-state index contributed by atoms with van der Waals surface area (Å²) in [5, 5.41) is 0. The van der Waals surface area contributed by atoms with Gasteiger partial charge in [0.15, 0.2) is 0 Å². The number of aryl methyl sites for hydroxylation is 1. The van der Waals surface area contributed by atoms with E-state index in [-0.39, 0.29) is 6.04 Å². The summed E-state index contributed by atoms with van der Waals surface area (Å²) in [4.78, 5) is 5.23. The predicted octanol–water partition coefficient (Wildman–Crippen LogP) is 3.27. The zero-order valence-electron chi connectivity index (χ0n) is 9.61. The molecule has 17 heavy (non-hydrogen) atoms. The van der Waals surface area contributed by atoms with Crippen molar-refractivity contribution in [2.45, 2.75) is 13.0 Å². The highest BCUT2D eigenvalue weighted by molar-refractivity contribution is 9.11. The fourth-order valence-corrected chi connectivity index (χ4v) is 3.12. The van der Waals surface area contributed by atoms with Crippen molar-refractivity contribution in [1.29, 1.82) is 0 Å². The maximum absolute atomic E-state index is 6.22. The van der Waals surface area contributed by atoms with Crippen LogP contribution in [0.4, 0.5) is 0 Å².